The highest BCUT2D eigenvalue weighted by Crippen LogP contribution is 2.34. The van der Waals surface area contributed by atoms with Gasteiger partial charge in [-0.25, -0.2) is 14.2 Å². The van der Waals surface area contributed by atoms with Crippen molar-refractivity contribution >= 4 is 17.6 Å². The Morgan fingerprint density at radius 2 is 2.03 bits per heavy atom. The summed E-state index contributed by atoms with van der Waals surface area (Å²) in [4.78, 5) is 31.6. The van der Waals surface area contributed by atoms with Gasteiger partial charge < -0.3 is 24.4 Å². The fraction of sp³-hybridized carbons (Fsp3) is 0.682. The number of carbonyl (C=O) groups excluding carboxylic acids is 2. The molecule has 172 valence electrons. The van der Waals surface area contributed by atoms with Gasteiger partial charge in [0, 0.05) is 20.2 Å². The van der Waals surface area contributed by atoms with Crippen LogP contribution in [0.5, 0.6) is 5.88 Å². The molecule has 0 unspecified atom stereocenters. The number of aromatic nitrogens is 1. The summed E-state index contributed by atoms with van der Waals surface area (Å²) in [7, 11) is 1.68. The number of halogens is 1. The van der Waals surface area contributed by atoms with Crippen molar-refractivity contribution in [2.75, 3.05) is 45.0 Å². The molecule has 1 saturated carbocycles. The summed E-state index contributed by atoms with van der Waals surface area (Å²) in [5.41, 5.74) is 0.983. The van der Waals surface area contributed by atoms with E-state index in [9.17, 15) is 14.0 Å². The van der Waals surface area contributed by atoms with E-state index >= 15 is 0 Å². The lowest BCUT2D eigenvalue weighted by Crippen LogP contribution is -2.52. The van der Waals surface area contributed by atoms with Crippen LogP contribution in [0.2, 0.25) is 0 Å². The Morgan fingerprint density at radius 1 is 1.29 bits per heavy atom. The molecule has 1 amide bonds. The number of ether oxygens (including phenoxy) is 3. The molecule has 2 heterocycles. The van der Waals surface area contributed by atoms with Gasteiger partial charge in [0.1, 0.15) is 30.7 Å². The van der Waals surface area contributed by atoms with Gasteiger partial charge in [-0.3, -0.25) is 4.79 Å². The lowest BCUT2D eigenvalue weighted by Gasteiger charge is -2.40. The summed E-state index contributed by atoms with van der Waals surface area (Å²) in [5.74, 6) is -0.0571. The summed E-state index contributed by atoms with van der Waals surface area (Å²) in [6.45, 7) is 4.81. The minimum atomic E-state index is -0.866. The van der Waals surface area contributed by atoms with Gasteiger partial charge in [-0.15, -0.1) is 0 Å². The van der Waals surface area contributed by atoms with E-state index in [1.165, 1.54) is 0 Å². The van der Waals surface area contributed by atoms with E-state index in [-0.39, 0.29) is 24.3 Å². The number of hydrogen-bond donors (Lipinski definition) is 1. The summed E-state index contributed by atoms with van der Waals surface area (Å²) >= 11 is 0. The molecule has 2 aliphatic rings. The first-order valence-electron chi connectivity index (χ1n) is 10.9. The minimum Gasteiger partial charge on any atom is -0.476 e. The van der Waals surface area contributed by atoms with Crippen molar-refractivity contribution in [1.29, 1.82) is 0 Å². The van der Waals surface area contributed by atoms with Crippen molar-refractivity contribution in [3.63, 3.8) is 0 Å². The molecule has 1 atom stereocenters. The fourth-order valence-corrected chi connectivity index (χ4v) is 3.33. The van der Waals surface area contributed by atoms with Crippen LogP contribution in [0.25, 0.3) is 0 Å². The van der Waals surface area contributed by atoms with Gasteiger partial charge in [-0.2, -0.15) is 0 Å². The molecule has 0 aromatic carbocycles. The molecular formula is C22H32FN3O5. The quantitative estimate of drug-likeness (QED) is 0.502. The zero-order valence-corrected chi connectivity index (χ0v) is 18.4. The first-order valence-corrected chi connectivity index (χ1v) is 10.9. The fourth-order valence-electron chi connectivity index (χ4n) is 3.33. The summed E-state index contributed by atoms with van der Waals surface area (Å²) < 4.78 is 28.5. The predicted molar refractivity (Wildman–Crippen MR) is 113 cm³/mol. The van der Waals surface area contributed by atoms with Crippen LogP contribution in [0.15, 0.2) is 12.1 Å². The number of hydrogen-bond acceptors (Lipinski definition) is 7. The van der Waals surface area contributed by atoms with Crippen molar-refractivity contribution in [3.05, 3.63) is 17.8 Å². The van der Waals surface area contributed by atoms with Crippen molar-refractivity contribution < 1.29 is 28.2 Å². The number of alkyl halides is 1. The molecule has 9 heteroatoms. The summed E-state index contributed by atoms with van der Waals surface area (Å²) in [5, 5.41) is 2.68. The van der Waals surface area contributed by atoms with E-state index in [0.717, 1.165) is 31.6 Å². The van der Waals surface area contributed by atoms with Gasteiger partial charge in [-0.1, -0.05) is 13.8 Å². The molecule has 0 spiro atoms. The summed E-state index contributed by atoms with van der Waals surface area (Å²) in [6.07, 6.45) is 2.84. The SMILES string of the molecule is COC1CN(c2ccc(C(=O)N[C@H](CC(C)C)C(=O)OCCF)nc2OCC2CC2)C1. The topological polar surface area (TPSA) is 90.0 Å². The predicted octanol–water partition coefficient (Wildman–Crippen LogP) is 2.36. The number of methoxy groups -OCH3 is 1. The number of nitrogens with zero attached hydrogens (tertiary/aromatic N) is 2. The number of esters is 1. The molecule has 8 nitrogen and oxygen atoms in total. The lowest BCUT2D eigenvalue weighted by atomic mass is 10.0. The molecule has 1 saturated heterocycles. The number of rotatable bonds is 12. The average molecular weight is 438 g/mol. The maximum atomic E-state index is 12.8. The minimum absolute atomic E-state index is 0.135. The Morgan fingerprint density at radius 3 is 2.65 bits per heavy atom. The number of pyridine rings is 1. The highest BCUT2D eigenvalue weighted by molar-refractivity contribution is 5.95. The highest BCUT2D eigenvalue weighted by Gasteiger charge is 2.31. The van der Waals surface area contributed by atoms with Crippen LogP contribution in [0.1, 0.15) is 43.6 Å². The second-order valence-electron chi connectivity index (χ2n) is 8.55. The van der Waals surface area contributed by atoms with Gasteiger partial charge in [-0.05, 0) is 43.2 Å². The van der Waals surface area contributed by atoms with E-state index in [0.29, 0.717) is 24.8 Å². The molecule has 1 aromatic rings. The molecule has 0 bridgehead atoms. The van der Waals surface area contributed by atoms with Crippen LogP contribution in [0.3, 0.4) is 0 Å². The Labute approximate surface area is 182 Å². The van der Waals surface area contributed by atoms with Gasteiger partial charge in [0.25, 0.3) is 5.91 Å². The maximum Gasteiger partial charge on any atom is 0.328 e. The van der Waals surface area contributed by atoms with Crippen LogP contribution in [-0.4, -0.2) is 69.1 Å². The van der Waals surface area contributed by atoms with E-state index in [1.807, 2.05) is 19.9 Å². The van der Waals surface area contributed by atoms with Crippen molar-refractivity contribution in [1.82, 2.24) is 10.3 Å². The lowest BCUT2D eigenvalue weighted by molar-refractivity contribution is -0.146. The second kappa shape index (κ2) is 10.7. The molecule has 1 aliphatic heterocycles. The van der Waals surface area contributed by atoms with Crippen LogP contribution in [0, 0.1) is 11.8 Å². The molecule has 2 fully saturated rings. The highest BCUT2D eigenvalue weighted by atomic mass is 19.1. The standard InChI is InChI=1S/C22H32FN3O5/c1-14(2)10-18(22(28)30-9-8-23)24-20(27)17-6-7-19(26-11-16(12-26)29-3)21(25-17)31-13-15-4-5-15/h6-7,14-16,18H,4-5,8-13H2,1-3H3,(H,24,27)/t18-/m1/s1. The molecule has 3 rings (SSSR count). The third-order valence-corrected chi connectivity index (χ3v) is 5.37. The van der Waals surface area contributed by atoms with Gasteiger partial charge >= 0.3 is 5.97 Å². The third kappa shape index (κ3) is 6.53. The molecule has 1 aromatic heterocycles. The first-order chi connectivity index (χ1) is 14.9. The largest absolute Gasteiger partial charge is 0.476 e. The number of nitrogens with one attached hydrogen (secondary N) is 1. The molecule has 1 N–H and O–H groups in total. The van der Waals surface area contributed by atoms with Crippen LogP contribution >= 0.6 is 0 Å². The van der Waals surface area contributed by atoms with Gasteiger partial charge in [0.15, 0.2) is 0 Å². The van der Waals surface area contributed by atoms with E-state index in [1.54, 1.807) is 13.2 Å². The smallest absolute Gasteiger partial charge is 0.328 e. The van der Waals surface area contributed by atoms with Crippen molar-refractivity contribution in [3.8, 4) is 5.88 Å². The second-order valence-corrected chi connectivity index (χ2v) is 8.55. The average Bonchev–Trinajstić information content (AvgIpc) is 3.53. The van der Waals surface area contributed by atoms with E-state index in [4.69, 9.17) is 14.2 Å². The Kier molecular flexibility index (Phi) is 8.06. The molecule has 31 heavy (non-hydrogen) atoms. The zero-order valence-electron chi connectivity index (χ0n) is 18.4. The normalized spacial score (nSPS) is 17.3. The molecule has 1 aliphatic carbocycles. The van der Waals surface area contributed by atoms with Crippen molar-refractivity contribution in [2.24, 2.45) is 11.8 Å². The Hall–Kier alpha value is -2.42. The number of amides is 1. The molecular weight excluding hydrogens is 405 g/mol. The first kappa shape index (κ1) is 23.2. The monoisotopic (exact) mass is 437 g/mol. The summed E-state index contributed by atoms with van der Waals surface area (Å²) in [6, 6.07) is 2.57. The van der Waals surface area contributed by atoms with Crippen LogP contribution in [-0.2, 0) is 14.3 Å². The van der Waals surface area contributed by atoms with E-state index < -0.39 is 24.6 Å². The Bertz CT molecular complexity index is 766. The third-order valence-electron chi connectivity index (χ3n) is 5.37. The number of anilines is 1. The Balaban J connectivity index is 1.72. The molecule has 0 radical (unpaired) electrons. The zero-order chi connectivity index (χ0) is 22.4. The van der Waals surface area contributed by atoms with Gasteiger partial charge in [0.05, 0.1) is 12.7 Å². The van der Waals surface area contributed by atoms with Crippen molar-refractivity contribution in [2.45, 2.75) is 45.3 Å². The van der Waals surface area contributed by atoms with Gasteiger partial charge in [0.2, 0.25) is 5.88 Å². The maximum absolute atomic E-state index is 12.8. The van der Waals surface area contributed by atoms with Crippen LogP contribution < -0.4 is 15.0 Å². The van der Waals surface area contributed by atoms with E-state index in [2.05, 4.69) is 15.2 Å². The number of carbonyl (C=O) groups is 2. The van der Waals surface area contributed by atoms with Crippen LogP contribution in [0.4, 0.5) is 10.1 Å².